The molecule has 1 rings (SSSR count). The lowest BCUT2D eigenvalue weighted by Gasteiger charge is -2.15. The van der Waals surface area contributed by atoms with Crippen LogP contribution < -0.4 is 16.6 Å². The van der Waals surface area contributed by atoms with Crippen LogP contribution in [0, 0.1) is 0 Å². The van der Waals surface area contributed by atoms with Gasteiger partial charge in [-0.25, -0.2) is 5.84 Å². The number of benzene rings is 1. The fourth-order valence-corrected chi connectivity index (χ4v) is 1.40. The summed E-state index contributed by atoms with van der Waals surface area (Å²) in [6.07, 6.45) is 1.56. The molecule has 16 heavy (non-hydrogen) atoms. The Morgan fingerprint density at radius 2 is 2.12 bits per heavy atom. The summed E-state index contributed by atoms with van der Waals surface area (Å²) in [4.78, 5) is 0. The third-order valence-electron chi connectivity index (χ3n) is 1.82. The Hall–Kier alpha value is -0.940. The molecule has 0 atom stereocenters. The fourth-order valence-electron chi connectivity index (χ4n) is 1.10. The number of anilines is 1. The van der Waals surface area contributed by atoms with Gasteiger partial charge in [-0.15, -0.1) is 0 Å². The number of hydrogen-bond acceptors (Lipinski definition) is 4. The molecule has 0 aliphatic carbocycles. The van der Waals surface area contributed by atoms with Crippen LogP contribution in [0.15, 0.2) is 30.1 Å². The van der Waals surface area contributed by atoms with Crippen molar-refractivity contribution in [1.82, 2.24) is 0 Å². The minimum atomic E-state index is 0.315. The maximum Gasteiger partial charge on any atom is 0.0872 e. The largest absolute Gasteiger partial charge is 0.399 e. The maximum absolute atomic E-state index is 5.86. The van der Waals surface area contributed by atoms with Crippen LogP contribution in [0.3, 0.4) is 0 Å². The molecule has 1 aromatic carbocycles. The molecule has 0 heterocycles. The van der Waals surface area contributed by atoms with Crippen LogP contribution in [-0.4, -0.2) is 13.7 Å². The molecule has 0 saturated heterocycles. The summed E-state index contributed by atoms with van der Waals surface area (Å²) in [6.45, 7) is 0.315. The lowest BCUT2D eigenvalue weighted by atomic mass is 10.3. The van der Waals surface area contributed by atoms with Crippen molar-refractivity contribution in [1.29, 1.82) is 0 Å². The molecule has 0 bridgehead atoms. The zero-order valence-corrected chi connectivity index (χ0v) is 10.3. The van der Waals surface area contributed by atoms with Gasteiger partial charge >= 0.3 is 0 Å². The standard InChI is InChI=1S/C10H13Cl2N3O/c1-16-6-7(13)5-15(14)8-2-3-9(11)10(12)4-8/h2-5H,6,13-14H2,1H3/b7-5-. The first-order valence-electron chi connectivity index (χ1n) is 4.48. The van der Waals surface area contributed by atoms with E-state index in [1.807, 2.05) is 0 Å². The second kappa shape index (κ2) is 5.96. The maximum atomic E-state index is 5.86. The minimum absolute atomic E-state index is 0.315. The fraction of sp³-hybridized carbons (Fsp3) is 0.200. The molecule has 0 radical (unpaired) electrons. The predicted octanol–water partition coefficient (Wildman–Crippen LogP) is 2.12. The Morgan fingerprint density at radius 1 is 1.44 bits per heavy atom. The second-order valence-corrected chi connectivity index (χ2v) is 3.96. The molecular weight excluding hydrogens is 249 g/mol. The highest BCUT2D eigenvalue weighted by atomic mass is 35.5. The quantitative estimate of drug-likeness (QED) is 0.644. The molecule has 1 aromatic rings. The molecule has 6 heteroatoms. The van der Waals surface area contributed by atoms with E-state index in [4.69, 9.17) is 39.5 Å². The molecule has 0 unspecified atom stereocenters. The molecule has 4 N–H and O–H groups in total. The molecule has 0 spiro atoms. The van der Waals surface area contributed by atoms with E-state index in [2.05, 4.69) is 0 Å². The molecule has 4 nitrogen and oxygen atoms in total. The van der Waals surface area contributed by atoms with Gasteiger partial charge in [0.1, 0.15) is 0 Å². The molecule has 0 aromatic heterocycles. The van der Waals surface area contributed by atoms with Gasteiger partial charge in [0.15, 0.2) is 0 Å². The zero-order valence-electron chi connectivity index (χ0n) is 8.78. The summed E-state index contributed by atoms with van der Waals surface area (Å²) in [5, 5.41) is 2.28. The Labute approximate surface area is 104 Å². The van der Waals surface area contributed by atoms with E-state index < -0.39 is 0 Å². The van der Waals surface area contributed by atoms with Crippen LogP contribution >= 0.6 is 23.2 Å². The summed E-state index contributed by atoms with van der Waals surface area (Å²) in [5.74, 6) is 5.76. The van der Waals surface area contributed by atoms with Gasteiger partial charge in [0.2, 0.25) is 0 Å². The average molecular weight is 262 g/mol. The van der Waals surface area contributed by atoms with Gasteiger partial charge < -0.3 is 10.5 Å². The molecule has 0 amide bonds. The van der Waals surface area contributed by atoms with E-state index in [9.17, 15) is 0 Å². The van der Waals surface area contributed by atoms with Crippen molar-refractivity contribution >= 4 is 28.9 Å². The average Bonchev–Trinajstić information content (AvgIpc) is 2.22. The van der Waals surface area contributed by atoms with Crippen molar-refractivity contribution in [2.24, 2.45) is 11.6 Å². The predicted molar refractivity (Wildman–Crippen MR) is 67.3 cm³/mol. The third-order valence-corrected chi connectivity index (χ3v) is 2.56. The first kappa shape index (κ1) is 13.1. The highest BCUT2D eigenvalue weighted by Gasteiger charge is 2.03. The molecule has 0 fully saturated rings. The SMILES string of the molecule is COC/C(N)=C/N(N)c1ccc(Cl)c(Cl)c1. The summed E-state index contributed by atoms with van der Waals surface area (Å²) in [7, 11) is 1.56. The Morgan fingerprint density at radius 3 is 2.69 bits per heavy atom. The molecule has 0 aliphatic rings. The number of hydrogen-bond donors (Lipinski definition) is 2. The first-order valence-corrected chi connectivity index (χ1v) is 5.24. The first-order chi connectivity index (χ1) is 7.54. The van der Waals surface area contributed by atoms with Gasteiger partial charge in [0.25, 0.3) is 0 Å². The van der Waals surface area contributed by atoms with Crippen LogP contribution in [0.4, 0.5) is 5.69 Å². The number of ether oxygens (including phenoxy) is 1. The van der Waals surface area contributed by atoms with E-state index >= 15 is 0 Å². The van der Waals surface area contributed by atoms with Crippen molar-refractivity contribution < 1.29 is 4.74 Å². The van der Waals surface area contributed by atoms with Gasteiger partial charge in [-0.1, -0.05) is 23.2 Å². The topological polar surface area (TPSA) is 64.5 Å². The smallest absolute Gasteiger partial charge is 0.0872 e. The van der Waals surface area contributed by atoms with E-state index in [1.54, 1.807) is 31.5 Å². The van der Waals surface area contributed by atoms with Crippen molar-refractivity contribution in [3.05, 3.63) is 40.1 Å². The monoisotopic (exact) mass is 261 g/mol. The van der Waals surface area contributed by atoms with Crippen molar-refractivity contribution in [3.8, 4) is 0 Å². The summed E-state index contributed by atoms with van der Waals surface area (Å²) in [5.41, 5.74) is 6.84. The number of nitrogens with zero attached hydrogens (tertiary/aromatic N) is 1. The number of methoxy groups -OCH3 is 1. The van der Waals surface area contributed by atoms with E-state index in [1.165, 1.54) is 5.01 Å². The van der Waals surface area contributed by atoms with Gasteiger partial charge in [-0.3, -0.25) is 5.01 Å². The van der Waals surface area contributed by atoms with E-state index in [-0.39, 0.29) is 0 Å². The second-order valence-electron chi connectivity index (χ2n) is 3.14. The molecule has 0 aliphatic heterocycles. The Bertz CT molecular complexity index is 396. The highest BCUT2D eigenvalue weighted by Crippen LogP contribution is 2.26. The van der Waals surface area contributed by atoms with Crippen molar-refractivity contribution in [2.45, 2.75) is 0 Å². The van der Waals surface area contributed by atoms with Crippen LogP contribution in [0.2, 0.25) is 10.0 Å². The zero-order chi connectivity index (χ0) is 12.1. The van der Waals surface area contributed by atoms with E-state index in [0.29, 0.717) is 28.0 Å². The van der Waals surface area contributed by atoms with Gasteiger partial charge in [-0.05, 0) is 18.2 Å². The van der Waals surface area contributed by atoms with Crippen molar-refractivity contribution in [2.75, 3.05) is 18.7 Å². The lowest BCUT2D eigenvalue weighted by molar-refractivity contribution is 0.224. The Kier molecular flexibility index (Phi) is 4.89. The van der Waals surface area contributed by atoms with Crippen LogP contribution in [0.5, 0.6) is 0 Å². The van der Waals surface area contributed by atoms with Crippen LogP contribution in [-0.2, 0) is 4.74 Å². The van der Waals surface area contributed by atoms with Crippen LogP contribution in [0.1, 0.15) is 0 Å². The number of hydrazine groups is 1. The van der Waals surface area contributed by atoms with E-state index in [0.717, 1.165) is 0 Å². The molecular formula is C10H13Cl2N3O. The summed E-state index contributed by atoms with van der Waals surface area (Å²) in [6, 6.07) is 5.06. The molecule has 88 valence electrons. The summed E-state index contributed by atoms with van der Waals surface area (Å²) >= 11 is 11.7. The summed E-state index contributed by atoms with van der Waals surface area (Å²) < 4.78 is 4.86. The normalized spacial score (nSPS) is 11.6. The molecule has 0 saturated carbocycles. The van der Waals surface area contributed by atoms with Gasteiger partial charge in [-0.2, -0.15) is 0 Å². The van der Waals surface area contributed by atoms with Crippen molar-refractivity contribution in [3.63, 3.8) is 0 Å². The van der Waals surface area contributed by atoms with Gasteiger partial charge in [0, 0.05) is 13.3 Å². The third kappa shape index (κ3) is 3.57. The minimum Gasteiger partial charge on any atom is -0.399 e. The lowest BCUT2D eigenvalue weighted by Crippen LogP contribution is -2.26. The number of nitrogens with two attached hydrogens (primary N) is 2. The number of halogens is 2. The van der Waals surface area contributed by atoms with Gasteiger partial charge in [0.05, 0.1) is 28.0 Å². The van der Waals surface area contributed by atoms with Crippen LogP contribution in [0.25, 0.3) is 0 Å². The number of rotatable bonds is 4. The Balaban J connectivity index is 2.84. The highest BCUT2D eigenvalue weighted by molar-refractivity contribution is 6.42.